The minimum atomic E-state index is -3.24. The Morgan fingerprint density at radius 2 is 2.27 bits per heavy atom. The molecule has 1 aromatic rings. The lowest BCUT2D eigenvalue weighted by atomic mass is 10.1. The van der Waals surface area contributed by atoms with Crippen molar-refractivity contribution in [2.45, 2.75) is 31.8 Å². The molecule has 22 heavy (non-hydrogen) atoms. The molecular formula is C13H23N5O3S. The maximum Gasteiger partial charge on any atom is 0.317 e. The van der Waals surface area contributed by atoms with Crippen LogP contribution in [-0.4, -0.2) is 60.8 Å². The van der Waals surface area contributed by atoms with Crippen molar-refractivity contribution in [3.8, 4) is 0 Å². The van der Waals surface area contributed by atoms with E-state index >= 15 is 0 Å². The van der Waals surface area contributed by atoms with Gasteiger partial charge in [-0.15, -0.1) is 0 Å². The monoisotopic (exact) mass is 329 g/mol. The second kappa shape index (κ2) is 7.59. The quantitative estimate of drug-likeness (QED) is 0.718. The van der Waals surface area contributed by atoms with Crippen molar-refractivity contribution in [2.75, 3.05) is 25.9 Å². The number of aryl methyl sites for hydroxylation is 1. The summed E-state index contributed by atoms with van der Waals surface area (Å²) in [5, 5.41) is 2.87. The maximum absolute atomic E-state index is 12.1. The van der Waals surface area contributed by atoms with Crippen LogP contribution in [0.5, 0.6) is 0 Å². The number of hydrogen-bond donors (Lipinski definition) is 2. The van der Waals surface area contributed by atoms with Gasteiger partial charge in [0.1, 0.15) is 0 Å². The second-order valence-electron chi connectivity index (χ2n) is 5.56. The predicted octanol–water partition coefficient (Wildman–Crippen LogP) is -0.00360. The van der Waals surface area contributed by atoms with Crippen LogP contribution < -0.4 is 10.0 Å². The summed E-state index contributed by atoms with van der Waals surface area (Å²) in [5.74, 6) is 0. The molecule has 0 aliphatic carbocycles. The molecule has 2 heterocycles. The number of aromatic nitrogens is 2. The summed E-state index contributed by atoms with van der Waals surface area (Å²) in [5.41, 5.74) is 0. The van der Waals surface area contributed by atoms with Crippen molar-refractivity contribution >= 4 is 16.1 Å². The van der Waals surface area contributed by atoms with Gasteiger partial charge in [-0.05, 0) is 19.3 Å². The molecule has 1 saturated heterocycles. The van der Waals surface area contributed by atoms with E-state index in [9.17, 15) is 13.2 Å². The fraction of sp³-hybridized carbons (Fsp3) is 0.692. The van der Waals surface area contributed by atoms with Gasteiger partial charge in [0.2, 0.25) is 10.0 Å². The fourth-order valence-electron chi connectivity index (χ4n) is 2.55. The van der Waals surface area contributed by atoms with Gasteiger partial charge in [0.25, 0.3) is 0 Å². The van der Waals surface area contributed by atoms with Crippen LogP contribution in [0.1, 0.15) is 19.3 Å². The molecule has 0 aromatic carbocycles. The Hall–Kier alpha value is -1.61. The maximum atomic E-state index is 12.1. The van der Waals surface area contributed by atoms with Crippen LogP contribution in [0.3, 0.4) is 0 Å². The van der Waals surface area contributed by atoms with Gasteiger partial charge in [-0.3, -0.25) is 0 Å². The lowest BCUT2D eigenvalue weighted by Gasteiger charge is -2.32. The zero-order valence-electron chi connectivity index (χ0n) is 12.7. The molecular weight excluding hydrogens is 306 g/mol. The highest BCUT2D eigenvalue weighted by Gasteiger charge is 2.25. The molecule has 1 aliphatic rings. The molecule has 124 valence electrons. The molecule has 0 unspecified atom stereocenters. The summed E-state index contributed by atoms with van der Waals surface area (Å²) in [4.78, 5) is 17.7. The smallest absolute Gasteiger partial charge is 0.317 e. The van der Waals surface area contributed by atoms with Crippen LogP contribution in [0.15, 0.2) is 18.7 Å². The topological polar surface area (TPSA) is 96.3 Å². The Bertz CT molecular complexity index is 573. The van der Waals surface area contributed by atoms with Gasteiger partial charge in [-0.2, -0.15) is 0 Å². The van der Waals surface area contributed by atoms with Crippen LogP contribution in [0.4, 0.5) is 4.79 Å². The van der Waals surface area contributed by atoms with Gasteiger partial charge < -0.3 is 14.8 Å². The van der Waals surface area contributed by atoms with Gasteiger partial charge in [0.05, 0.1) is 12.6 Å². The second-order valence-corrected chi connectivity index (χ2v) is 7.34. The minimum Gasteiger partial charge on any atom is -0.338 e. The van der Waals surface area contributed by atoms with Crippen LogP contribution >= 0.6 is 0 Å². The summed E-state index contributed by atoms with van der Waals surface area (Å²) < 4.78 is 27.1. The highest BCUT2D eigenvalue weighted by Crippen LogP contribution is 2.10. The SMILES string of the molecule is CS(=O)(=O)N[C@H]1CCCN(C(=O)NCCCn2ccnc2)C1. The first-order valence-electron chi connectivity index (χ1n) is 7.40. The summed E-state index contributed by atoms with van der Waals surface area (Å²) >= 11 is 0. The first kappa shape index (κ1) is 16.8. The van der Waals surface area contributed by atoms with E-state index in [0.29, 0.717) is 19.6 Å². The number of nitrogens with zero attached hydrogens (tertiary/aromatic N) is 3. The van der Waals surface area contributed by atoms with Crippen molar-refractivity contribution in [3.63, 3.8) is 0 Å². The van der Waals surface area contributed by atoms with Crippen molar-refractivity contribution < 1.29 is 13.2 Å². The first-order chi connectivity index (χ1) is 10.4. The molecule has 0 saturated carbocycles. The van der Waals surface area contributed by atoms with Gasteiger partial charge in [0, 0.05) is 44.6 Å². The summed E-state index contributed by atoms with van der Waals surface area (Å²) in [6.07, 6.45) is 8.87. The zero-order valence-corrected chi connectivity index (χ0v) is 13.6. The van der Waals surface area contributed by atoms with Gasteiger partial charge >= 0.3 is 6.03 Å². The zero-order chi connectivity index (χ0) is 16.0. The summed E-state index contributed by atoms with van der Waals surface area (Å²) in [6, 6.07) is -0.328. The Morgan fingerprint density at radius 3 is 2.95 bits per heavy atom. The number of sulfonamides is 1. The number of piperidine rings is 1. The Morgan fingerprint density at radius 1 is 1.45 bits per heavy atom. The van der Waals surface area contributed by atoms with Crippen molar-refractivity contribution in [2.24, 2.45) is 0 Å². The lowest BCUT2D eigenvalue weighted by Crippen LogP contribution is -2.52. The molecule has 2 N–H and O–H groups in total. The van der Waals surface area contributed by atoms with Crippen molar-refractivity contribution in [3.05, 3.63) is 18.7 Å². The number of amides is 2. The van der Waals surface area contributed by atoms with Crippen LogP contribution in [0.2, 0.25) is 0 Å². The predicted molar refractivity (Wildman–Crippen MR) is 82.8 cm³/mol. The number of nitrogens with one attached hydrogen (secondary N) is 2. The van der Waals surface area contributed by atoms with E-state index in [4.69, 9.17) is 0 Å². The Kier molecular flexibility index (Phi) is 5.78. The number of carbonyl (C=O) groups excluding carboxylic acids is 1. The Balaban J connectivity index is 1.70. The van der Waals surface area contributed by atoms with Crippen LogP contribution in [0, 0.1) is 0 Å². The Labute approximate surface area is 130 Å². The molecule has 8 nitrogen and oxygen atoms in total. The fourth-order valence-corrected chi connectivity index (χ4v) is 3.35. The average molecular weight is 329 g/mol. The summed E-state index contributed by atoms with van der Waals surface area (Å²) in [6.45, 7) is 2.46. The van der Waals surface area contributed by atoms with E-state index < -0.39 is 10.0 Å². The molecule has 0 spiro atoms. The van der Waals surface area contributed by atoms with E-state index in [0.717, 1.165) is 32.1 Å². The third-order valence-corrected chi connectivity index (χ3v) is 4.28. The van der Waals surface area contributed by atoms with E-state index in [1.54, 1.807) is 17.4 Å². The molecule has 1 fully saturated rings. The standard InChI is InChI=1S/C13H23N5O3S/c1-22(20,21)16-12-4-2-8-18(10-12)13(19)15-5-3-7-17-9-6-14-11-17/h6,9,11-12,16H,2-5,7-8,10H2,1H3,(H,15,19)/t12-/m0/s1. The molecule has 0 bridgehead atoms. The van der Waals surface area contributed by atoms with E-state index in [1.165, 1.54) is 0 Å². The third kappa shape index (κ3) is 5.64. The van der Waals surface area contributed by atoms with E-state index in [1.807, 2.05) is 10.8 Å². The molecule has 1 aromatic heterocycles. The van der Waals surface area contributed by atoms with E-state index in [2.05, 4.69) is 15.0 Å². The highest BCUT2D eigenvalue weighted by molar-refractivity contribution is 7.88. The highest BCUT2D eigenvalue weighted by atomic mass is 32.2. The van der Waals surface area contributed by atoms with Gasteiger partial charge in [-0.25, -0.2) is 22.9 Å². The minimum absolute atomic E-state index is 0.134. The number of urea groups is 1. The van der Waals surface area contributed by atoms with E-state index in [-0.39, 0.29) is 12.1 Å². The third-order valence-electron chi connectivity index (χ3n) is 3.52. The molecule has 9 heteroatoms. The number of carbonyl (C=O) groups is 1. The number of imidazole rings is 1. The molecule has 1 atom stereocenters. The number of hydrogen-bond acceptors (Lipinski definition) is 4. The largest absolute Gasteiger partial charge is 0.338 e. The van der Waals surface area contributed by atoms with Crippen molar-refractivity contribution in [1.82, 2.24) is 24.5 Å². The first-order valence-corrected chi connectivity index (χ1v) is 9.29. The van der Waals surface area contributed by atoms with Crippen molar-refractivity contribution in [1.29, 1.82) is 0 Å². The normalized spacial score (nSPS) is 19.1. The molecule has 2 rings (SSSR count). The van der Waals surface area contributed by atoms with Gasteiger partial charge in [-0.1, -0.05) is 0 Å². The molecule has 2 amide bonds. The lowest BCUT2D eigenvalue weighted by molar-refractivity contribution is 0.177. The average Bonchev–Trinajstić information content (AvgIpc) is 2.95. The number of rotatable bonds is 6. The number of likely N-dealkylation sites (tertiary alicyclic amines) is 1. The summed E-state index contributed by atoms with van der Waals surface area (Å²) in [7, 11) is -3.24. The molecule has 0 radical (unpaired) electrons. The van der Waals surface area contributed by atoms with Crippen LogP contribution in [-0.2, 0) is 16.6 Å². The van der Waals surface area contributed by atoms with Gasteiger partial charge in [0.15, 0.2) is 0 Å². The van der Waals surface area contributed by atoms with Crippen LogP contribution in [0.25, 0.3) is 0 Å². The molecule has 1 aliphatic heterocycles.